The highest BCUT2D eigenvalue weighted by molar-refractivity contribution is 5.79. The molecule has 0 aromatic carbocycles. The van der Waals surface area contributed by atoms with E-state index in [1.54, 1.807) is 0 Å². The summed E-state index contributed by atoms with van der Waals surface area (Å²) in [6.07, 6.45) is 4.05. The molecule has 4 unspecified atom stereocenters. The predicted molar refractivity (Wildman–Crippen MR) is 61.8 cm³/mol. The van der Waals surface area contributed by atoms with Gasteiger partial charge in [0.2, 0.25) is 5.91 Å². The molecule has 16 heavy (non-hydrogen) atoms. The SMILES string of the molecule is CC1C(N)CCCC1C(=O)NC1CCOC1. The van der Waals surface area contributed by atoms with E-state index in [0.717, 1.165) is 32.3 Å². The molecule has 1 amide bonds. The average molecular weight is 226 g/mol. The summed E-state index contributed by atoms with van der Waals surface area (Å²) >= 11 is 0. The van der Waals surface area contributed by atoms with Crippen LogP contribution in [0.4, 0.5) is 0 Å². The molecule has 1 heterocycles. The van der Waals surface area contributed by atoms with Crippen LogP contribution in [0, 0.1) is 11.8 Å². The van der Waals surface area contributed by atoms with Gasteiger partial charge in [-0.25, -0.2) is 0 Å². The second kappa shape index (κ2) is 5.15. The van der Waals surface area contributed by atoms with Crippen LogP contribution in [0.3, 0.4) is 0 Å². The smallest absolute Gasteiger partial charge is 0.223 e. The molecule has 2 fully saturated rings. The van der Waals surface area contributed by atoms with E-state index in [0.29, 0.717) is 12.5 Å². The van der Waals surface area contributed by atoms with Crippen LogP contribution >= 0.6 is 0 Å². The molecular weight excluding hydrogens is 204 g/mol. The Morgan fingerprint density at radius 1 is 1.38 bits per heavy atom. The van der Waals surface area contributed by atoms with Crippen LogP contribution in [0.1, 0.15) is 32.6 Å². The Bertz CT molecular complexity index is 251. The van der Waals surface area contributed by atoms with Gasteiger partial charge >= 0.3 is 0 Å². The Balaban J connectivity index is 1.87. The third kappa shape index (κ3) is 2.55. The molecule has 4 atom stereocenters. The minimum absolute atomic E-state index is 0.101. The Morgan fingerprint density at radius 3 is 2.88 bits per heavy atom. The Hall–Kier alpha value is -0.610. The second-order valence-electron chi connectivity index (χ2n) is 5.13. The fraction of sp³-hybridized carbons (Fsp3) is 0.917. The Labute approximate surface area is 96.9 Å². The number of amides is 1. The molecule has 0 bridgehead atoms. The van der Waals surface area contributed by atoms with Gasteiger partial charge in [0.25, 0.3) is 0 Å². The van der Waals surface area contributed by atoms with Crippen molar-refractivity contribution < 1.29 is 9.53 Å². The van der Waals surface area contributed by atoms with Crippen LogP contribution in [-0.4, -0.2) is 31.2 Å². The number of ether oxygens (including phenoxy) is 1. The van der Waals surface area contributed by atoms with Crippen molar-refractivity contribution >= 4 is 5.91 Å². The summed E-state index contributed by atoms with van der Waals surface area (Å²) in [4.78, 5) is 12.1. The largest absolute Gasteiger partial charge is 0.379 e. The van der Waals surface area contributed by atoms with Crippen molar-refractivity contribution in [1.29, 1.82) is 0 Å². The van der Waals surface area contributed by atoms with E-state index < -0.39 is 0 Å². The molecule has 4 nitrogen and oxygen atoms in total. The van der Waals surface area contributed by atoms with Crippen molar-refractivity contribution in [2.75, 3.05) is 13.2 Å². The second-order valence-corrected chi connectivity index (χ2v) is 5.13. The van der Waals surface area contributed by atoms with E-state index >= 15 is 0 Å². The normalized spacial score (nSPS) is 39.6. The first-order valence-electron chi connectivity index (χ1n) is 6.32. The molecule has 1 aliphatic heterocycles. The highest BCUT2D eigenvalue weighted by atomic mass is 16.5. The van der Waals surface area contributed by atoms with E-state index in [1.165, 1.54) is 0 Å². The summed E-state index contributed by atoms with van der Waals surface area (Å²) in [5.41, 5.74) is 6.01. The van der Waals surface area contributed by atoms with E-state index in [9.17, 15) is 4.79 Å². The molecule has 4 heteroatoms. The van der Waals surface area contributed by atoms with Crippen molar-refractivity contribution in [2.24, 2.45) is 17.6 Å². The zero-order chi connectivity index (χ0) is 11.5. The number of rotatable bonds is 2. The lowest BCUT2D eigenvalue weighted by Gasteiger charge is -2.33. The van der Waals surface area contributed by atoms with Gasteiger partial charge in [-0.3, -0.25) is 4.79 Å². The summed E-state index contributed by atoms with van der Waals surface area (Å²) in [6, 6.07) is 0.405. The quantitative estimate of drug-likeness (QED) is 0.727. The van der Waals surface area contributed by atoms with E-state index in [-0.39, 0.29) is 23.9 Å². The number of hydrogen-bond acceptors (Lipinski definition) is 3. The third-order valence-corrected chi connectivity index (χ3v) is 3.98. The van der Waals surface area contributed by atoms with Crippen LogP contribution in [0.2, 0.25) is 0 Å². The predicted octanol–water partition coefficient (Wildman–Crippen LogP) is 0.655. The van der Waals surface area contributed by atoms with Crippen molar-refractivity contribution in [2.45, 2.75) is 44.7 Å². The fourth-order valence-corrected chi connectivity index (χ4v) is 2.72. The molecule has 1 saturated heterocycles. The minimum Gasteiger partial charge on any atom is -0.379 e. The van der Waals surface area contributed by atoms with E-state index in [2.05, 4.69) is 12.2 Å². The average Bonchev–Trinajstić information content (AvgIpc) is 2.74. The van der Waals surface area contributed by atoms with Crippen molar-refractivity contribution in [1.82, 2.24) is 5.32 Å². The first-order chi connectivity index (χ1) is 7.68. The molecule has 92 valence electrons. The topological polar surface area (TPSA) is 64.4 Å². The van der Waals surface area contributed by atoms with Gasteiger partial charge in [0.15, 0.2) is 0 Å². The Kier molecular flexibility index (Phi) is 3.82. The van der Waals surface area contributed by atoms with Crippen LogP contribution in [0.5, 0.6) is 0 Å². The van der Waals surface area contributed by atoms with Gasteiger partial charge in [-0.2, -0.15) is 0 Å². The summed E-state index contributed by atoms with van der Waals surface area (Å²) in [7, 11) is 0. The number of carbonyl (C=O) groups is 1. The molecule has 1 saturated carbocycles. The maximum atomic E-state index is 12.1. The molecule has 0 radical (unpaired) electrons. The Morgan fingerprint density at radius 2 is 2.19 bits per heavy atom. The molecule has 2 aliphatic rings. The van der Waals surface area contributed by atoms with Gasteiger partial charge in [0.05, 0.1) is 12.6 Å². The lowest BCUT2D eigenvalue weighted by Crippen LogP contribution is -2.47. The lowest BCUT2D eigenvalue weighted by atomic mass is 9.77. The molecule has 0 aromatic heterocycles. The number of nitrogens with one attached hydrogen (secondary N) is 1. The van der Waals surface area contributed by atoms with Gasteiger partial charge in [-0.05, 0) is 25.2 Å². The van der Waals surface area contributed by atoms with Crippen LogP contribution in [0.15, 0.2) is 0 Å². The number of hydrogen-bond donors (Lipinski definition) is 2. The molecule has 0 aromatic rings. The first-order valence-corrected chi connectivity index (χ1v) is 6.32. The van der Waals surface area contributed by atoms with Crippen molar-refractivity contribution in [3.8, 4) is 0 Å². The molecule has 1 aliphatic carbocycles. The lowest BCUT2D eigenvalue weighted by molar-refractivity contribution is -0.128. The van der Waals surface area contributed by atoms with Gasteiger partial charge in [-0.1, -0.05) is 13.3 Å². The maximum absolute atomic E-state index is 12.1. The zero-order valence-corrected chi connectivity index (χ0v) is 9.95. The van der Waals surface area contributed by atoms with Gasteiger partial charge in [0, 0.05) is 18.6 Å². The van der Waals surface area contributed by atoms with Crippen LogP contribution in [-0.2, 0) is 9.53 Å². The number of carbonyl (C=O) groups excluding carboxylic acids is 1. The van der Waals surface area contributed by atoms with E-state index in [4.69, 9.17) is 10.5 Å². The highest BCUT2D eigenvalue weighted by Crippen LogP contribution is 2.29. The van der Waals surface area contributed by atoms with E-state index in [1.807, 2.05) is 0 Å². The molecule has 3 N–H and O–H groups in total. The van der Waals surface area contributed by atoms with Crippen LogP contribution < -0.4 is 11.1 Å². The third-order valence-electron chi connectivity index (χ3n) is 3.98. The van der Waals surface area contributed by atoms with Gasteiger partial charge in [0.1, 0.15) is 0 Å². The van der Waals surface area contributed by atoms with Crippen molar-refractivity contribution in [3.63, 3.8) is 0 Å². The van der Waals surface area contributed by atoms with Gasteiger partial charge < -0.3 is 15.8 Å². The molecule has 0 spiro atoms. The summed E-state index contributed by atoms with van der Waals surface area (Å²) < 4.78 is 5.25. The van der Waals surface area contributed by atoms with Gasteiger partial charge in [-0.15, -0.1) is 0 Å². The summed E-state index contributed by atoms with van der Waals surface area (Å²) in [5, 5.41) is 3.08. The van der Waals surface area contributed by atoms with Crippen LogP contribution in [0.25, 0.3) is 0 Å². The monoisotopic (exact) mass is 226 g/mol. The fourth-order valence-electron chi connectivity index (χ4n) is 2.72. The highest BCUT2D eigenvalue weighted by Gasteiger charge is 2.33. The zero-order valence-electron chi connectivity index (χ0n) is 9.95. The maximum Gasteiger partial charge on any atom is 0.223 e. The minimum atomic E-state index is 0.101. The molecule has 2 rings (SSSR count). The number of nitrogens with two attached hydrogens (primary N) is 1. The summed E-state index contributed by atoms with van der Waals surface area (Å²) in [5.74, 6) is 0.582. The molecular formula is C12H22N2O2. The van der Waals surface area contributed by atoms with Crippen molar-refractivity contribution in [3.05, 3.63) is 0 Å². The summed E-state index contributed by atoms with van der Waals surface area (Å²) in [6.45, 7) is 3.53. The first kappa shape index (κ1) is 11.9. The standard InChI is InChI=1S/C12H22N2O2/c1-8-10(3-2-4-11(8)13)12(15)14-9-5-6-16-7-9/h8-11H,2-7,13H2,1H3,(H,14,15).